The van der Waals surface area contributed by atoms with E-state index in [4.69, 9.17) is 42.9 Å². The van der Waals surface area contributed by atoms with Crippen LogP contribution in [0.2, 0.25) is 10.0 Å². The number of carbonyl (C=O) groups is 1. The molecule has 2 aromatic carbocycles. The zero-order chi connectivity index (χ0) is 26.6. The fourth-order valence-corrected chi connectivity index (χ4v) is 5.68. The third kappa shape index (κ3) is 6.28. The summed E-state index contributed by atoms with van der Waals surface area (Å²) in [6.45, 7) is 7.29. The van der Waals surface area contributed by atoms with E-state index in [2.05, 4.69) is 10.4 Å². The highest BCUT2D eigenvalue weighted by Gasteiger charge is 2.50. The van der Waals surface area contributed by atoms with Crippen LogP contribution >= 0.6 is 23.2 Å². The molecule has 4 rings (SSSR count). The molecule has 1 aliphatic carbocycles. The Bertz CT molecular complexity index is 1110. The van der Waals surface area contributed by atoms with Crippen molar-refractivity contribution in [1.29, 1.82) is 5.53 Å². The Morgan fingerprint density at radius 1 is 1.03 bits per heavy atom. The van der Waals surface area contributed by atoms with Gasteiger partial charge in [-0.05, 0) is 69.0 Å². The van der Waals surface area contributed by atoms with Gasteiger partial charge in [-0.15, -0.1) is 0 Å². The second-order valence-electron chi connectivity index (χ2n) is 10.3. The Kier molecular flexibility index (Phi) is 8.79. The molecule has 7 nitrogen and oxygen atoms in total. The normalized spacial score (nSPS) is 19.9. The Labute approximate surface area is 228 Å². The van der Waals surface area contributed by atoms with Crippen LogP contribution in [-0.4, -0.2) is 43.1 Å². The highest BCUT2D eigenvalue weighted by atomic mass is 35.5. The van der Waals surface area contributed by atoms with Crippen molar-refractivity contribution >= 4 is 29.1 Å². The fourth-order valence-electron chi connectivity index (χ4n) is 5.37. The predicted octanol–water partition coefficient (Wildman–Crippen LogP) is 6.87. The van der Waals surface area contributed by atoms with Crippen molar-refractivity contribution in [1.82, 2.24) is 5.32 Å². The average Bonchev–Trinajstić information content (AvgIpc) is 3.35. The van der Waals surface area contributed by atoms with Crippen molar-refractivity contribution in [3.05, 3.63) is 63.6 Å². The van der Waals surface area contributed by atoms with E-state index in [1.807, 2.05) is 57.2 Å². The maximum Gasteiger partial charge on any atom is 0.227 e. The van der Waals surface area contributed by atoms with Gasteiger partial charge >= 0.3 is 0 Å². The smallest absolute Gasteiger partial charge is 0.227 e. The molecule has 2 unspecified atom stereocenters. The number of amides is 1. The summed E-state index contributed by atoms with van der Waals surface area (Å²) >= 11 is 12.6. The van der Waals surface area contributed by atoms with Gasteiger partial charge in [0.25, 0.3) is 0 Å². The van der Waals surface area contributed by atoms with Gasteiger partial charge in [0.1, 0.15) is 5.75 Å². The zero-order valence-corrected chi connectivity index (χ0v) is 23.1. The number of rotatable bonds is 9. The summed E-state index contributed by atoms with van der Waals surface area (Å²) in [6.07, 6.45) is 2.52. The van der Waals surface area contributed by atoms with Gasteiger partial charge in [-0.3, -0.25) is 4.79 Å². The summed E-state index contributed by atoms with van der Waals surface area (Å²) in [5, 5.41) is 8.19. The maximum absolute atomic E-state index is 13.3. The van der Waals surface area contributed by atoms with Crippen LogP contribution in [0.1, 0.15) is 69.4 Å². The Balaban J connectivity index is 1.54. The third-order valence-corrected chi connectivity index (χ3v) is 8.25. The molecule has 9 heteroatoms. The SMILES string of the molecule is CC(C)Oc1cccc(C(C)C(=O)NCC(c2ccc(Cl)c(Cl)c2)C2(N=N)CCC3(CC2)OCCO3)c1. The number of hydrogen-bond donors (Lipinski definition) is 2. The second-order valence-corrected chi connectivity index (χ2v) is 11.1. The Morgan fingerprint density at radius 3 is 2.35 bits per heavy atom. The lowest BCUT2D eigenvalue weighted by molar-refractivity contribution is -0.185. The summed E-state index contributed by atoms with van der Waals surface area (Å²) in [7, 11) is 0. The first-order valence-corrected chi connectivity index (χ1v) is 13.6. The minimum absolute atomic E-state index is 0.0471. The van der Waals surface area contributed by atoms with Crippen LogP contribution in [0.4, 0.5) is 0 Å². The molecule has 0 aromatic heterocycles. The van der Waals surface area contributed by atoms with Crippen LogP contribution in [0, 0.1) is 5.53 Å². The molecule has 1 heterocycles. The van der Waals surface area contributed by atoms with Crippen molar-refractivity contribution in [3.63, 3.8) is 0 Å². The van der Waals surface area contributed by atoms with Gasteiger partial charge < -0.3 is 19.5 Å². The van der Waals surface area contributed by atoms with Crippen LogP contribution in [-0.2, 0) is 14.3 Å². The van der Waals surface area contributed by atoms with Crippen molar-refractivity contribution in [2.75, 3.05) is 19.8 Å². The first kappa shape index (κ1) is 27.8. The van der Waals surface area contributed by atoms with Crippen LogP contribution in [0.15, 0.2) is 47.6 Å². The van der Waals surface area contributed by atoms with E-state index < -0.39 is 11.3 Å². The van der Waals surface area contributed by atoms with E-state index in [0.717, 1.165) is 16.9 Å². The molecule has 200 valence electrons. The highest BCUT2D eigenvalue weighted by molar-refractivity contribution is 6.42. The molecule has 2 atom stereocenters. The number of ether oxygens (including phenoxy) is 3. The molecule has 1 saturated carbocycles. The lowest BCUT2D eigenvalue weighted by Crippen LogP contribution is -2.48. The molecule has 2 aromatic rings. The molecule has 1 amide bonds. The molecule has 37 heavy (non-hydrogen) atoms. The molecule has 2 fully saturated rings. The lowest BCUT2D eigenvalue weighted by atomic mass is 9.69. The van der Waals surface area contributed by atoms with Crippen molar-refractivity contribution in [3.8, 4) is 5.75 Å². The standard InChI is InChI=1S/C28H35Cl2N3O4/c1-18(2)37-22-6-4-5-20(15-22)19(3)26(34)32-17-23(21-7-8-24(29)25(30)16-21)27(33-31)9-11-28(12-10-27)35-13-14-36-28/h4-8,15-16,18-19,23,31H,9-14,17H2,1-3H3,(H,32,34). The largest absolute Gasteiger partial charge is 0.491 e. The van der Waals surface area contributed by atoms with Crippen molar-refractivity contribution in [2.45, 2.75) is 75.7 Å². The van der Waals surface area contributed by atoms with Gasteiger partial charge in [-0.25, -0.2) is 5.53 Å². The van der Waals surface area contributed by atoms with E-state index in [0.29, 0.717) is 55.5 Å². The average molecular weight is 549 g/mol. The van der Waals surface area contributed by atoms with Crippen LogP contribution in [0.5, 0.6) is 5.75 Å². The lowest BCUT2D eigenvalue weighted by Gasteiger charge is -2.44. The van der Waals surface area contributed by atoms with Gasteiger partial charge in [0.2, 0.25) is 5.91 Å². The van der Waals surface area contributed by atoms with Crippen molar-refractivity contribution in [2.24, 2.45) is 5.11 Å². The number of hydrogen-bond acceptors (Lipinski definition) is 6. The monoisotopic (exact) mass is 547 g/mol. The van der Waals surface area contributed by atoms with Crippen LogP contribution in [0.25, 0.3) is 0 Å². The maximum atomic E-state index is 13.3. The molecule has 0 radical (unpaired) electrons. The molecule has 1 spiro atoms. The van der Waals surface area contributed by atoms with E-state index in [9.17, 15) is 4.79 Å². The summed E-state index contributed by atoms with van der Waals surface area (Å²) in [5.74, 6) is -0.617. The minimum Gasteiger partial charge on any atom is -0.491 e. The quantitative estimate of drug-likeness (QED) is 0.335. The van der Waals surface area contributed by atoms with E-state index in [1.54, 1.807) is 6.07 Å². The predicted molar refractivity (Wildman–Crippen MR) is 144 cm³/mol. The Morgan fingerprint density at radius 2 is 1.73 bits per heavy atom. The molecular weight excluding hydrogens is 513 g/mol. The highest BCUT2D eigenvalue weighted by Crippen LogP contribution is 2.48. The van der Waals surface area contributed by atoms with E-state index in [-0.39, 0.29) is 23.8 Å². The number of nitrogens with zero attached hydrogens (tertiary/aromatic N) is 1. The van der Waals surface area contributed by atoms with Gasteiger partial charge in [0.05, 0.1) is 40.8 Å². The molecule has 2 N–H and O–H groups in total. The summed E-state index contributed by atoms with van der Waals surface area (Å²) < 4.78 is 17.6. The zero-order valence-electron chi connectivity index (χ0n) is 21.6. The first-order valence-electron chi connectivity index (χ1n) is 12.8. The number of carbonyl (C=O) groups excluding carboxylic acids is 1. The van der Waals surface area contributed by atoms with Gasteiger partial charge in [-0.2, -0.15) is 5.11 Å². The van der Waals surface area contributed by atoms with Gasteiger partial charge in [-0.1, -0.05) is 41.4 Å². The minimum atomic E-state index is -0.723. The van der Waals surface area contributed by atoms with Crippen molar-refractivity contribution < 1.29 is 19.0 Å². The van der Waals surface area contributed by atoms with Gasteiger partial charge in [0.15, 0.2) is 5.79 Å². The summed E-state index contributed by atoms with van der Waals surface area (Å²) in [6, 6.07) is 13.1. The first-order chi connectivity index (χ1) is 17.7. The summed E-state index contributed by atoms with van der Waals surface area (Å²) in [5.41, 5.74) is 9.26. The molecule has 1 aliphatic heterocycles. The van der Waals surface area contributed by atoms with E-state index in [1.165, 1.54) is 0 Å². The van der Waals surface area contributed by atoms with E-state index >= 15 is 0 Å². The van der Waals surface area contributed by atoms with Crippen LogP contribution in [0.3, 0.4) is 0 Å². The number of halogens is 2. The Hall–Kier alpha value is -2.19. The third-order valence-electron chi connectivity index (χ3n) is 7.51. The fraction of sp³-hybridized carbons (Fsp3) is 0.536. The molecular formula is C28H35Cl2N3O4. The number of benzene rings is 2. The summed E-state index contributed by atoms with van der Waals surface area (Å²) in [4.78, 5) is 13.3. The molecule has 0 bridgehead atoms. The number of nitrogens with one attached hydrogen (secondary N) is 2. The second kappa shape index (κ2) is 11.7. The topological polar surface area (TPSA) is 93.0 Å². The van der Waals surface area contributed by atoms with Gasteiger partial charge in [0, 0.05) is 25.3 Å². The van der Waals surface area contributed by atoms with Crippen LogP contribution < -0.4 is 10.1 Å². The molecule has 1 saturated heterocycles. The molecule has 2 aliphatic rings.